The van der Waals surface area contributed by atoms with Gasteiger partial charge in [0.2, 0.25) is 0 Å². The molecule has 3 heteroatoms. The SMILES string of the molecule is c1ccc(-c2ccc(N(c3ccc(-c4ccc5c(c4)c4cc(-c6cc7ccccc7c7ccccc67)ccc4n5-c4ccc5c6ccccc6c6ccccc6c5c4)cc3)c3ccc(-c4cccc5c4sc4ccccc45)cc3)cc2)cc1. The summed E-state index contributed by atoms with van der Waals surface area (Å²) >= 11 is 1.88. The fourth-order valence-electron chi connectivity index (χ4n) is 13.4. The van der Waals surface area contributed by atoms with Gasteiger partial charge in [0.25, 0.3) is 0 Å². The largest absolute Gasteiger partial charge is 0.311 e. The van der Waals surface area contributed by atoms with Crippen molar-refractivity contribution in [2.45, 2.75) is 0 Å². The third-order valence-electron chi connectivity index (χ3n) is 17.4. The Bertz CT molecular complexity index is 5390. The molecule has 15 aromatic carbocycles. The Morgan fingerprint density at radius 1 is 0.241 bits per heavy atom. The smallest absolute Gasteiger partial charge is 0.0541 e. The highest BCUT2D eigenvalue weighted by Gasteiger charge is 2.20. The van der Waals surface area contributed by atoms with Gasteiger partial charge in [-0.05, 0) is 183 Å². The molecule has 0 atom stereocenters. The number of hydrogen-bond donors (Lipinski definition) is 0. The van der Waals surface area contributed by atoms with E-state index in [0.717, 1.165) is 28.3 Å². The molecule has 17 rings (SSSR count). The molecule has 0 aliphatic heterocycles. The third-order valence-corrected chi connectivity index (χ3v) is 18.6. The highest BCUT2D eigenvalue weighted by Crippen LogP contribution is 2.45. The lowest BCUT2D eigenvalue weighted by Crippen LogP contribution is -2.09. The van der Waals surface area contributed by atoms with Crippen molar-refractivity contribution in [1.82, 2.24) is 4.57 Å². The van der Waals surface area contributed by atoms with Gasteiger partial charge in [0.05, 0.1) is 11.0 Å². The normalized spacial score (nSPS) is 11.9. The first-order chi connectivity index (χ1) is 41.1. The van der Waals surface area contributed by atoms with E-state index in [1.165, 1.54) is 135 Å². The third kappa shape index (κ3) is 7.70. The van der Waals surface area contributed by atoms with Gasteiger partial charge in [-0.3, -0.25) is 0 Å². The zero-order valence-electron chi connectivity index (χ0n) is 45.2. The minimum atomic E-state index is 1.09. The number of rotatable bonds is 8. The van der Waals surface area contributed by atoms with Crippen molar-refractivity contribution in [1.29, 1.82) is 0 Å². The lowest BCUT2D eigenvalue weighted by molar-refractivity contribution is 1.19. The molecule has 0 aliphatic rings. The summed E-state index contributed by atoms with van der Waals surface area (Å²) in [6.07, 6.45) is 0. The Labute approximate surface area is 484 Å². The molecule has 0 spiro atoms. The van der Waals surface area contributed by atoms with Gasteiger partial charge in [0.1, 0.15) is 0 Å². The first-order valence-electron chi connectivity index (χ1n) is 28.5. The van der Waals surface area contributed by atoms with Gasteiger partial charge in [-0.15, -0.1) is 11.3 Å². The maximum Gasteiger partial charge on any atom is 0.0541 e. The van der Waals surface area contributed by atoms with E-state index in [0.29, 0.717) is 0 Å². The fraction of sp³-hybridized carbons (Fsp3) is 0. The lowest BCUT2D eigenvalue weighted by Gasteiger charge is -2.26. The Balaban J connectivity index is 0.808. The summed E-state index contributed by atoms with van der Waals surface area (Å²) in [6, 6.07) is 112. The number of aromatic nitrogens is 1. The van der Waals surface area contributed by atoms with E-state index < -0.39 is 0 Å². The summed E-state index contributed by atoms with van der Waals surface area (Å²) in [5.41, 5.74) is 16.4. The summed E-state index contributed by atoms with van der Waals surface area (Å²) in [5, 5.41) is 17.7. The van der Waals surface area contributed by atoms with Gasteiger partial charge in [0, 0.05) is 53.7 Å². The zero-order valence-corrected chi connectivity index (χ0v) is 46.0. The molecule has 2 nitrogen and oxygen atoms in total. The Morgan fingerprint density at radius 3 is 1.35 bits per heavy atom. The van der Waals surface area contributed by atoms with Crippen molar-refractivity contribution in [3.63, 3.8) is 0 Å². The average Bonchev–Trinajstić information content (AvgIpc) is 3.91. The van der Waals surface area contributed by atoms with Crippen LogP contribution in [0.15, 0.2) is 303 Å². The van der Waals surface area contributed by atoms with Crippen LogP contribution >= 0.6 is 11.3 Å². The molecule has 0 N–H and O–H groups in total. The van der Waals surface area contributed by atoms with E-state index in [1.807, 2.05) is 11.3 Å². The highest BCUT2D eigenvalue weighted by atomic mass is 32.1. The maximum atomic E-state index is 2.48. The Morgan fingerprint density at radius 2 is 0.699 bits per heavy atom. The van der Waals surface area contributed by atoms with E-state index >= 15 is 0 Å². The van der Waals surface area contributed by atoms with Crippen LogP contribution in [0, 0.1) is 0 Å². The molecule has 386 valence electrons. The van der Waals surface area contributed by atoms with Gasteiger partial charge in [-0.1, -0.05) is 218 Å². The molecule has 0 bridgehead atoms. The number of anilines is 3. The molecule has 2 aromatic heterocycles. The first-order valence-corrected chi connectivity index (χ1v) is 29.4. The number of fused-ring (bicyclic) bond motifs is 15. The van der Waals surface area contributed by atoms with Crippen molar-refractivity contribution in [2.75, 3.05) is 4.90 Å². The second-order valence-corrected chi connectivity index (χ2v) is 23.0. The molecule has 0 unspecified atom stereocenters. The second kappa shape index (κ2) is 19.0. The molecule has 0 aliphatic carbocycles. The van der Waals surface area contributed by atoms with E-state index in [2.05, 4.69) is 313 Å². The summed E-state index contributed by atoms with van der Waals surface area (Å²) in [7, 11) is 0. The Kier molecular flexibility index (Phi) is 10.8. The molecule has 0 saturated carbocycles. The number of nitrogens with zero attached hydrogens (tertiary/aromatic N) is 2. The van der Waals surface area contributed by atoms with Crippen molar-refractivity contribution < 1.29 is 0 Å². The first kappa shape index (κ1) is 47.2. The standard InChI is InChI=1S/C80H50N2S/c1-2-15-51(16-3-1)52-29-37-58(38-30-52)81(60-41-33-54(34-42-60)63-26-14-27-72-71-25-12-13-28-79(71)83-80(63)72)59-39-31-53(32-40-59)55-35-45-77-75(47-55)76-49-57(73-48-56-17-4-5-18-62(56)64-19-6-10-23-68(64)73)36-46-78(76)82(77)61-43-44-70-67-22-8-7-20-65(67)66-21-9-11-24-69(66)74(70)50-61/h1-50H. The molecular formula is C80H50N2S. The maximum absolute atomic E-state index is 2.48. The monoisotopic (exact) mass is 1070 g/mol. The van der Waals surface area contributed by atoms with E-state index in [4.69, 9.17) is 0 Å². The molecule has 0 radical (unpaired) electrons. The van der Waals surface area contributed by atoms with Crippen LogP contribution in [0.2, 0.25) is 0 Å². The van der Waals surface area contributed by atoms with Gasteiger partial charge < -0.3 is 9.47 Å². The van der Waals surface area contributed by atoms with Crippen LogP contribution in [-0.4, -0.2) is 4.57 Å². The topological polar surface area (TPSA) is 8.17 Å². The van der Waals surface area contributed by atoms with E-state index in [1.54, 1.807) is 0 Å². The molecule has 17 aromatic rings. The predicted octanol–water partition coefficient (Wildman–Crippen LogP) is 23.1. The van der Waals surface area contributed by atoms with Crippen LogP contribution in [0.4, 0.5) is 17.1 Å². The minimum Gasteiger partial charge on any atom is -0.311 e. The summed E-state index contributed by atoms with van der Waals surface area (Å²) in [5.74, 6) is 0. The average molecular weight is 1070 g/mol. The van der Waals surface area contributed by atoms with Crippen molar-refractivity contribution in [2.24, 2.45) is 0 Å². The zero-order chi connectivity index (χ0) is 54.5. The van der Waals surface area contributed by atoms with Crippen LogP contribution in [-0.2, 0) is 0 Å². The van der Waals surface area contributed by atoms with Gasteiger partial charge >= 0.3 is 0 Å². The number of hydrogen-bond acceptors (Lipinski definition) is 2. The van der Waals surface area contributed by atoms with Crippen molar-refractivity contribution in [3.05, 3.63) is 303 Å². The van der Waals surface area contributed by atoms with Gasteiger partial charge in [-0.25, -0.2) is 0 Å². The second-order valence-electron chi connectivity index (χ2n) is 21.9. The molecule has 2 heterocycles. The Hall–Kier alpha value is -10.6. The number of benzene rings is 15. The van der Waals surface area contributed by atoms with Gasteiger partial charge in [-0.2, -0.15) is 0 Å². The fourth-order valence-corrected chi connectivity index (χ4v) is 14.7. The molecule has 83 heavy (non-hydrogen) atoms. The quantitative estimate of drug-likeness (QED) is 0.138. The number of thiophene rings is 1. The highest BCUT2D eigenvalue weighted by molar-refractivity contribution is 7.26. The van der Waals surface area contributed by atoms with Crippen LogP contribution in [0.3, 0.4) is 0 Å². The van der Waals surface area contributed by atoms with Crippen LogP contribution in [0.5, 0.6) is 0 Å². The van der Waals surface area contributed by atoms with Crippen LogP contribution < -0.4 is 4.90 Å². The summed E-state index contributed by atoms with van der Waals surface area (Å²) in [6.45, 7) is 0. The molecule has 0 amide bonds. The van der Waals surface area contributed by atoms with Gasteiger partial charge in [0.15, 0.2) is 0 Å². The van der Waals surface area contributed by atoms with E-state index in [-0.39, 0.29) is 0 Å². The minimum absolute atomic E-state index is 1.09. The van der Waals surface area contributed by atoms with Crippen molar-refractivity contribution >= 4 is 124 Å². The predicted molar refractivity (Wildman–Crippen MR) is 358 cm³/mol. The molecule has 0 saturated heterocycles. The van der Waals surface area contributed by atoms with Crippen LogP contribution in [0.25, 0.3) is 146 Å². The summed E-state index contributed by atoms with van der Waals surface area (Å²) < 4.78 is 5.12. The lowest BCUT2D eigenvalue weighted by atomic mass is 9.92. The van der Waals surface area contributed by atoms with Crippen molar-refractivity contribution in [3.8, 4) is 50.2 Å². The molecular weight excluding hydrogens is 1020 g/mol. The summed E-state index contributed by atoms with van der Waals surface area (Å²) in [4.78, 5) is 2.38. The van der Waals surface area contributed by atoms with E-state index in [9.17, 15) is 0 Å². The molecule has 0 fully saturated rings. The van der Waals surface area contributed by atoms with Crippen LogP contribution in [0.1, 0.15) is 0 Å².